The van der Waals surface area contributed by atoms with Gasteiger partial charge in [-0.05, 0) is 0 Å². The SMILES string of the molecule is [Ba+2].[Ba+2].[Ba+2].[Cd].[Cd].[Cd].[H-].[H-].[H-].[H-].[H-].[H-].[O-]P([O-])[O-].[O-]P([O-])[O-].[Zn+2].[Zn+2].[Zn+2]. The Kier molecular flexibility index (Phi) is 266. The van der Waals surface area contributed by atoms with Gasteiger partial charge in [0.1, 0.15) is 0 Å². The predicted molar refractivity (Wildman–Crippen MR) is 37.8 cm³/mol. The second-order valence-corrected chi connectivity index (χ2v) is 1.34. The van der Waals surface area contributed by atoms with Crippen LogP contribution in [0.2, 0.25) is 0 Å². The molecule has 0 heterocycles. The monoisotopic (exact) mass is 1110 g/mol. The Hall–Kier alpha value is 9.97. The molecule has 0 aliphatic heterocycles. The van der Waals surface area contributed by atoms with Crippen molar-refractivity contribution in [2.75, 3.05) is 0 Å². The summed E-state index contributed by atoms with van der Waals surface area (Å²) in [5, 5.41) is 0. The Bertz CT molecular complexity index is 72.3. The smallest absolute Gasteiger partial charge is 1.00 e. The Morgan fingerprint density at radius 1 is 0.471 bits per heavy atom. The molecule has 0 N–H and O–H groups in total. The van der Waals surface area contributed by atoms with Gasteiger partial charge in [0.25, 0.3) is 0 Å². The van der Waals surface area contributed by atoms with E-state index in [1.807, 2.05) is 0 Å². The van der Waals surface area contributed by atoms with Crippen LogP contribution in [-0.4, -0.2) is 147 Å². The summed E-state index contributed by atoms with van der Waals surface area (Å²) in [6, 6.07) is 0. The van der Waals surface area contributed by atoms with Crippen molar-refractivity contribution in [1.29, 1.82) is 0 Å². The summed E-state index contributed by atoms with van der Waals surface area (Å²) in [4.78, 5) is 50.9. The standard InChI is InChI=1S/3Ba.3Cd.2O3P.3Zn.6H/c;;;;;;2*1-4(2)3;;;;;;;;;/q3*+2;;;;2*-3;3*+2;6*-1. The zero-order valence-electron chi connectivity index (χ0n) is 15.7. The van der Waals surface area contributed by atoms with Crippen molar-refractivity contribution >= 4 is 164 Å². The fourth-order valence-electron chi connectivity index (χ4n) is 0. The van der Waals surface area contributed by atoms with Crippen molar-refractivity contribution in [2.45, 2.75) is 0 Å². The third-order valence-electron chi connectivity index (χ3n) is 0. The van der Waals surface area contributed by atoms with Crippen molar-refractivity contribution in [3.8, 4) is 0 Å². The Labute approximate surface area is 332 Å². The van der Waals surface area contributed by atoms with Crippen LogP contribution in [0.3, 0.4) is 0 Å². The number of rotatable bonds is 0. The van der Waals surface area contributed by atoms with Gasteiger partial charge in [0.2, 0.25) is 0 Å². The minimum Gasteiger partial charge on any atom is -1.00 e. The Morgan fingerprint density at radius 2 is 0.471 bits per heavy atom. The van der Waals surface area contributed by atoms with Gasteiger partial charge in [-0.3, -0.25) is 0 Å². The molecule has 0 bridgehead atoms. The average Bonchev–Trinajstić information content (AvgIpc) is 1.25. The fraction of sp³-hybridized carbons (Fsp3) is 0. The van der Waals surface area contributed by atoms with E-state index in [9.17, 15) is 0 Å². The molecule has 0 radical (unpaired) electrons. The maximum absolute atomic E-state index is 8.48. The molecule has 0 saturated heterocycles. The van der Waals surface area contributed by atoms with Crippen LogP contribution in [0.15, 0.2) is 0 Å². The van der Waals surface area contributed by atoms with Crippen molar-refractivity contribution in [1.82, 2.24) is 0 Å². The van der Waals surface area contributed by atoms with Gasteiger partial charge >= 0.3 is 205 Å². The van der Waals surface area contributed by atoms with Gasteiger partial charge in [0, 0.05) is 81.9 Å². The molecule has 0 spiro atoms. The van der Waals surface area contributed by atoms with Gasteiger partial charge in [0.05, 0.1) is 0 Å². The van der Waals surface area contributed by atoms with Crippen LogP contribution >= 0.6 is 17.2 Å². The van der Waals surface area contributed by atoms with Crippen molar-refractivity contribution < 1.29 is 178 Å². The van der Waals surface area contributed by atoms with Gasteiger partial charge in [-0.15, -0.1) is 0 Å². The zero-order chi connectivity index (χ0) is 7.15. The molecule has 0 rings (SSSR count). The third kappa shape index (κ3) is 150. The predicted octanol–water partition coefficient (Wildman–Crippen LogP) is -5.89. The first kappa shape index (κ1) is 71.3. The maximum Gasteiger partial charge on any atom is 2.00 e. The Morgan fingerprint density at radius 3 is 0.471 bits per heavy atom. The second-order valence-electron chi connectivity index (χ2n) is 0.447. The summed E-state index contributed by atoms with van der Waals surface area (Å²) in [7, 11) is -6.74. The first-order chi connectivity index (χ1) is 3.46. The van der Waals surface area contributed by atoms with E-state index in [-0.39, 0.29) is 296 Å². The molecule has 0 aromatic heterocycles. The molecule has 0 atom stereocenters. The number of hydrogen-bond donors (Lipinski definition) is 0. The Balaban J connectivity index is -0.00000000126. The third-order valence-corrected chi connectivity index (χ3v) is 0. The van der Waals surface area contributed by atoms with Crippen molar-refractivity contribution in [3.63, 3.8) is 0 Å². The van der Waals surface area contributed by atoms with Crippen molar-refractivity contribution in [3.05, 3.63) is 0 Å². The molecule has 17 heteroatoms. The molecule has 0 saturated carbocycles. The molecular formula is H6Ba3Cd3O6P2Zn3. The van der Waals surface area contributed by atoms with Gasteiger partial charge in [-0.1, -0.05) is 0 Å². The van der Waals surface area contributed by atoms with Gasteiger partial charge in [0.15, 0.2) is 0 Å². The molecule has 0 amide bonds. The minimum atomic E-state index is -3.37. The summed E-state index contributed by atoms with van der Waals surface area (Å²) in [5.41, 5.74) is 0. The molecular weight excluding hydrogens is 1100 g/mol. The largest absolute Gasteiger partial charge is 2.00 e. The molecule has 6 nitrogen and oxygen atoms in total. The number of hydrogen-bond acceptors (Lipinski definition) is 6. The van der Waals surface area contributed by atoms with Crippen LogP contribution in [0.1, 0.15) is 8.56 Å². The van der Waals surface area contributed by atoms with E-state index in [4.69, 9.17) is 29.4 Å². The molecule has 0 aromatic carbocycles. The molecule has 0 aliphatic rings. The van der Waals surface area contributed by atoms with Crippen LogP contribution in [0.25, 0.3) is 0 Å². The van der Waals surface area contributed by atoms with Gasteiger partial charge in [-0.2, -0.15) is 0 Å². The van der Waals surface area contributed by atoms with Crippen LogP contribution in [0.4, 0.5) is 0 Å². The summed E-state index contributed by atoms with van der Waals surface area (Å²) >= 11 is 0. The summed E-state index contributed by atoms with van der Waals surface area (Å²) in [6.07, 6.45) is 0. The van der Waals surface area contributed by atoms with E-state index in [1.165, 1.54) is 0 Å². The fourth-order valence-corrected chi connectivity index (χ4v) is 0. The first-order valence-electron chi connectivity index (χ1n) is 1.10. The topological polar surface area (TPSA) is 138 Å². The van der Waals surface area contributed by atoms with E-state index in [0.29, 0.717) is 0 Å². The molecule has 0 aliphatic carbocycles. The summed E-state index contributed by atoms with van der Waals surface area (Å²) < 4.78 is 0. The quantitative estimate of drug-likeness (QED) is 0.175. The van der Waals surface area contributed by atoms with Crippen LogP contribution in [0.5, 0.6) is 0 Å². The zero-order valence-corrected chi connectivity index (χ0v) is 45.8. The molecule has 0 unspecified atom stereocenters. The maximum atomic E-state index is 8.48. The first-order valence-corrected chi connectivity index (χ1v) is 3.29. The summed E-state index contributed by atoms with van der Waals surface area (Å²) in [6.45, 7) is 0. The molecule has 0 aromatic rings. The molecule has 0 fully saturated rings. The van der Waals surface area contributed by atoms with Gasteiger partial charge in [-0.25, -0.2) is 0 Å². The van der Waals surface area contributed by atoms with E-state index in [2.05, 4.69) is 0 Å². The molecule has 17 heavy (non-hydrogen) atoms. The van der Waals surface area contributed by atoms with Crippen LogP contribution in [-0.2, 0) is 140 Å². The average molecular weight is 1110 g/mol. The normalized spacial score (nSPS) is 4.24. The van der Waals surface area contributed by atoms with E-state index >= 15 is 0 Å². The van der Waals surface area contributed by atoms with E-state index in [1.54, 1.807) is 0 Å². The van der Waals surface area contributed by atoms with Crippen LogP contribution < -0.4 is 29.4 Å². The van der Waals surface area contributed by atoms with Crippen LogP contribution in [0, 0.1) is 0 Å². The van der Waals surface area contributed by atoms with Crippen molar-refractivity contribution in [2.24, 2.45) is 0 Å². The van der Waals surface area contributed by atoms with E-state index < -0.39 is 17.2 Å². The van der Waals surface area contributed by atoms with Gasteiger partial charge < -0.3 is 55.1 Å². The van der Waals surface area contributed by atoms with E-state index in [0.717, 1.165) is 0 Å². The minimum absolute atomic E-state index is 0. The molecule has 70 valence electrons. The summed E-state index contributed by atoms with van der Waals surface area (Å²) in [5.74, 6) is 0. The second kappa shape index (κ2) is 63.5.